The second kappa shape index (κ2) is 6.01. The van der Waals surface area contributed by atoms with Gasteiger partial charge in [0.25, 0.3) is 0 Å². The van der Waals surface area contributed by atoms with Crippen molar-refractivity contribution in [2.45, 2.75) is 38.2 Å². The number of hydrogen-bond donors (Lipinski definition) is 3. The van der Waals surface area contributed by atoms with Gasteiger partial charge in [0.15, 0.2) is 9.84 Å². The molecule has 1 atom stereocenters. The summed E-state index contributed by atoms with van der Waals surface area (Å²) in [5, 5.41) is 13.0. The van der Waals surface area contributed by atoms with Gasteiger partial charge in [0.2, 0.25) is 0 Å². The molecule has 0 fully saturated rings. The third-order valence-corrected chi connectivity index (χ3v) is 4.00. The molecule has 0 radical (unpaired) electrons. The van der Waals surface area contributed by atoms with Crippen LogP contribution in [0.15, 0.2) is 23.1 Å². The molecule has 0 bridgehead atoms. The summed E-state index contributed by atoms with van der Waals surface area (Å²) in [6, 6.07) is 4.81. The SMILES string of the molecule is CC(C)(C)CC(O)CNc1cccc(S(C)(=O)=O)c1N. The Hall–Kier alpha value is -1.27. The summed E-state index contributed by atoms with van der Waals surface area (Å²) in [5.41, 5.74) is 6.61. The topological polar surface area (TPSA) is 92.4 Å². The average Bonchev–Trinajstić information content (AvgIpc) is 2.23. The lowest BCUT2D eigenvalue weighted by Crippen LogP contribution is -2.25. The fraction of sp³-hybridized carbons (Fsp3) is 0.571. The first-order valence-electron chi connectivity index (χ1n) is 6.51. The van der Waals surface area contributed by atoms with E-state index in [4.69, 9.17) is 5.73 Å². The first-order chi connectivity index (χ1) is 9.00. The molecule has 0 spiro atoms. The highest BCUT2D eigenvalue weighted by molar-refractivity contribution is 7.90. The fourth-order valence-corrected chi connectivity index (χ4v) is 2.86. The van der Waals surface area contributed by atoms with Gasteiger partial charge >= 0.3 is 0 Å². The third-order valence-electron chi connectivity index (χ3n) is 2.84. The van der Waals surface area contributed by atoms with Crippen LogP contribution in [0.1, 0.15) is 27.2 Å². The molecule has 1 aromatic rings. The summed E-state index contributed by atoms with van der Waals surface area (Å²) >= 11 is 0. The zero-order valence-electron chi connectivity index (χ0n) is 12.5. The quantitative estimate of drug-likeness (QED) is 0.722. The number of sulfone groups is 1. The minimum Gasteiger partial charge on any atom is -0.396 e. The highest BCUT2D eigenvalue weighted by Crippen LogP contribution is 2.27. The number of aliphatic hydroxyl groups is 1. The summed E-state index contributed by atoms with van der Waals surface area (Å²) in [6.07, 6.45) is 1.25. The Bertz CT molecular complexity index is 562. The van der Waals surface area contributed by atoms with Gasteiger partial charge in [-0.15, -0.1) is 0 Å². The maximum atomic E-state index is 11.6. The fourth-order valence-electron chi connectivity index (χ4n) is 2.03. The molecule has 6 heteroatoms. The molecule has 4 N–H and O–H groups in total. The molecule has 20 heavy (non-hydrogen) atoms. The normalized spacial score (nSPS) is 14.1. The number of para-hydroxylation sites is 1. The van der Waals surface area contributed by atoms with E-state index in [1.165, 1.54) is 6.07 Å². The Morgan fingerprint density at radius 2 is 1.95 bits per heavy atom. The lowest BCUT2D eigenvalue weighted by Gasteiger charge is -2.23. The average molecular weight is 300 g/mol. The lowest BCUT2D eigenvalue weighted by atomic mass is 9.89. The Labute approximate surface area is 121 Å². The minimum absolute atomic E-state index is 0.0290. The van der Waals surface area contributed by atoms with E-state index in [9.17, 15) is 13.5 Å². The van der Waals surface area contributed by atoms with Crippen LogP contribution in [-0.2, 0) is 9.84 Å². The van der Waals surface area contributed by atoms with E-state index >= 15 is 0 Å². The Balaban J connectivity index is 2.80. The van der Waals surface area contributed by atoms with Crippen molar-refractivity contribution >= 4 is 21.2 Å². The van der Waals surface area contributed by atoms with Crippen molar-refractivity contribution in [3.05, 3.63) is 18.2 Å². The standard InChI is InChI=1S/C14H24N2O3S/c1-14(2,3)8-10(17)9-16-11-6-5-7-12(13(11)15)20(4,18)19/h5-7,10,16-17H,8-9,15H2,1-4H3. The number of nitrogens with one attached hydrogen (secondary N) is 1. The largest absolute Gasteiger partial charge is 0.396 e. The van der Waals surface area contributed by atoms with Gasteiger partial charge in [0.05, 0.1) is 22.4 Å². The van der Waals surface area contributed by atoms with Crippen LogP contribution < -0.4 is 11.1 Å². The maximum absolute atomic E-state index is 11.6. The number of rotatable bonds is 5. The number of nitrogen functional groups attached to an aromatic ring is 1. The molecule has 0 aromatic heterocycles. The van der Waals surface area contributed by atoms with Crippen molar-refractivity contribution in [3.8, 4) is 0 Å². The van der Waals surface area contributed by atoms with Gasteiger partial charge in [-0.3, -0.25) is 0 Å². The van der Waals surface area contributed by atoms with Crippen molar-refractivity contribution in [1.29, 1.82) is 0 Å². The molecule has 0 amide bonds. The van der Waals surface area contributed by atoms with Gasteiger partial charge in [-0.25, -0.2) is 8.42 Å². The Morgan fingerprint density at radius 1 is 1.35 bits per heavy atom. The van der Waals surface area contributed by atoms with E-state index in [1.54, 1.807) is 12.1 Å². The molecular formula is C14H24N2O3S. The summed E-state index contributed by atoms with van der Waals surface area (Å²) in [5.74, 6) is 0. The predicted octanol–water partition coefficient (Wildman–Crippen LogP) is 1.88. The molecule has 0 aliphatic rings. The Kier molecular flexibility index (Phi) is 5.05. The van der Waals surface area contributed by atoms with Crippen LogP contribution in [0.2, 0.25) is 0 Å². The highest BCUT2D eigenvalue weighted by atomic mass is 32.2. The summed E-state index contributed by atoms with van der Waals surface area (Å²) in [4.78, 5) is 0.104. The van der Waals surface area contributed by atoms with Gasteiger partial charge in [-0.05, 0) is 24.0 Å². The molecule has 5 nitrogen and oxygen atoms in total. The molecule has 0 aliphatic heterocycles. The number of hydrogen-bond acceptors (Lipinski definition) is 5. The van der Waals surface area contributed by atoms with Gasteiger partial charge in [-0.2, -0.15) is 0 Å². The van der Waals surface area contributed by atoms with E-state index in [0.717, 1.165) is 6.26 Å². The van der Waals surface area contributed by atoms with Gasteiger partial charge < -0.3 is 16.2 Å². The molecule has 114 valence electrons. The van der Waals surface area contributed by atoms with E-state index in [2.05, 4.69) is 26.1 Å². The predicted molar refractivity (Wildman–Crippen MR) is 82.5 cm³/mol. The Morgan fingerprint density at radius 3 is 2.45 bits per heavy atom. The molecule has 0 heterocycles. The molecule has 1 rings (SSSR count). The number of benzene rings is 1. The van der Waals surface area contributed by atoms with Crippen molar-refractivity contribution in [3.63, 3.8) is 0 Å². The molecular weight excluding hydrogens is 276 g/mol. The first kappa shape index (κ1) is 16.8. The first-order valence-corrected chi connectivity index (χ1v) is 8.40. The van der Waals surface area contributed by atoms with Gasteiger partial charge in [0, 0.05) is 12.8 Å². The van der Waals surface area contributed by atoms with E-state index in [1.807, 2.05) is 0 Å². The second-order valence-electron chi connectivity index (χ2n) is 6.29. The van der Waals surface area contributed by atoms with Gasteiger partial charge in [-0.1, -0.05) is 26.8 Å². The third kappa shape index (κ3) is 5.02. The van der Waals surface area contributed by atoms with E-state index in [0.29, 0.717) is 18.7 Å². The zero-order chi connectivity index (χ0) is 15.6. The second-order valence-corrected chi connectivity index (χ2v) is 8.27. The van der Waals surface area contributed by atoms with Crippen LogP contribution in [0.4, 0.5) is 11.4 Å². The maximum Gasteiger partial charge on any atom is 0.177 e. The number of nitrogens with two attached hydrogens (primary N) is 1. The van der Waals surface area contributed by atoms with E-state index in [-0.39, 0.29) is 16.0 Å². The van der Waals surface area contributed by atoms with Crippen molar-refractivity contribution in [1.82, 2.24) is 0 Å². The smallest absolute Gasteiger partial charge is 0.177 e. The zero-order valence-corrected chi connectivity index (χ0v) is 13.3. The number of anilines is 2. The van der Waals surface area contributed by atoms with Crippen LogP contribution in [-0.4, -0.2) is 32.4 Å². The van der Waals surface area contributed by atoms with Crippen molar-refractivity contribution in [2.75, 3.05) is 23.9 Å². The number of aliphatic hydroxyl groups excluding tert-OH is 1. The van der Waals surface area contributed by atoms with Crippen LogP contribution in [0.3, 0.4) is 0 Å². The molecule has 0 saturated heterocycles. The van der Waals surface area contributed by atoms with Crippen molar-refractivity contribution < 1.29 is 13.5 Å². The van der Waals surface area contributed by atoms with Gasteiger partial charge in [0.1, 0.15) is 0 Å². The molecule has 0 aliphatic carbocycles. The summed E-state index contributed by atoms with van der Waals surface area (Å²) in [6.45, 7) is 6.48. The lowest BCUT2D eigenvalue weighted by molar-refractivity contribution is 0.132. The van der Waals surface area contributed by atoms with Crippen molar-refractivity contribution in [2.24, 2.45) is 5.41 Å². The summed E-state index contributed by atoms with van der Waals surface area (Å²) in [7, 11) is -3.35. The molecule has 0 saturated carbocycles. The van der Waals surface area contributed by atoms with Crippen LogP contribution in [0.5, 0.6) is 0 Å². The molecule has 1 aromatic carbocycles. The minimum atomic E-state index is -3.35. The highest BCUT2D eigenvalue weighted by Gasteiger charge is 2.18. The summed E-state index contributed by atoms with van der Waals surface area (Å²) < 4.78 is 23.1. The van der Waals surface area contributed by atoms with Crippen LogP contribution in [0.25, 0.3) is 0 Å². The van der Waals surface area contributed by atoms with Crippen LogP contribution >= 0.6 is 0 Å². The monoisotopic (exact) mass is 300 g/mol. The van der Waals surface area contributed by atoms with Crippen LogP contribution in [0, 0.1) is 5.41 Å². The molecule has 1 unspecified atom stereocenters. The van der Waals surface area contributed by atoms with E-state index < -0.39 is 15.9 Å².